The van der Waals surface area contributed by atoms with Gasteiger partial charge in [0.1, 0.15) is 17.1 Å². The monoisotopic (exact) mass is 321 g/mol. The van der Waals surface area contributed by atoms with Crippen LogP contribution in [-0.4, -0.2) is 28.7 Å². The van der Waals surface area contributed by atoms with E-state index in [0.717, 1.165) is 50.2 Å². The fourth-order valence-electron chi connectivity index (χ4n) is 3.73. The van der Waals surface area contributed by atoms with Crippen LogP contribution in [0.2, 0.25) is 0 Å². The number of ether oxygens (including phenoxy) is 1. The van der Waals surface area contributed by atoms with Crippen LogP contribution in [0.4, 0.5) is 0 Å². The maximum Gasteiger partial charge on any atom is 0.129 e. The van der Waals surface area contributed by atoms with Crippen molar-refractivity contribution in [3.05, 3.63) is 65.7 Å². The average Bonchev–Trinajstić information content (AvgIpc) is 2.78. The second-order valence-corrected chi connectivity index (χ2v) is 6.84. The molecule has 1 fully saturated rings. The molecule has 1 atom stereocenters. The van der Waals surface area contributed by atoms with Gasteiger partial charge in [0.05, 0.1) is 0 Å². The van der Waals surface area contributed by atoms with Crippen LogP contribution in [0.3, 0.4) is 0 Å². The number of aromatic hydroxyl groups is 1. The van der Waals surface area contributed by atoms with E-state index in [1.807, 2.05) is 18.2 Å². The Bertz CT molecular complexity index is 755. The second-order valence-electron chi connectivity index (χ2n) is 6.84. The Morgan fingerprint density at radius 1 is 1.04 bits per heavy atom. The van der Waals surface area contributed by atoms with Crippen molar-refractivity contribution >= 4 is 6.08 Å². The molecule has 4 rings (SSSR count). The molecule has 2 aliphatic rings. The van der Waals surface area contributed by atoms with E-state index in [0.29, 0.717) is 5.75 Å². The molecule has 0 aromatic heterocycles. The van der Waals surface area contributed by atoms with Crippen LogP contribution >= 0.6 is 0 Å². The zero-order valence-corrected chi connectivity index (χ0v) is 13.8. The molecule has 1 saturated heterocycles. The van der Waals surface area contributed by atoms with Crippen LogP contribution in [0.5, 0.6) is 11.5 Å². The molecule has 0 unspecified atom stereocenters. The van der Waals surface area contributed by atoms with Crippen molar-refractivity contribution in [2.24, 2.45) is 0 Å². The first-order valence-corrected chi connectivity index (χ1v) is 8.70. The minimum atomic E-state index is -0.165. The highest BCUT2D eigenvalue weighted by Gasteiger charge is 2.34. The largest absolute Gasteiger partial charge is 0.508 e. The third-order valence-corrected chi connectivity index (χ3v) is 5.04. The Kier molecular flexibility index (Phi) is 4.03. The topological polar surface area (TPSA) is 32.7 Å². The first-order chi connectivity index (χ1) is 11.7. The van der Waals surface area contributed by atoms with Crippen molar-refractivity contribution < 1.29 is 9.84 Å². The average molecular weight is 321 g/mol. The maximum absolute atomic E-state index is 9.64. The van der Waals surface area contributed by atoms with Crippen LogP contribution in [0.1, 0.15) is 30.4 Å². The number of fused-ring (bicyclic) bond motifs is 1. The number of nitrogens with zero attached hydrogens (tertiary/aromatic N) is 1. The quantitative estimate of drug-likeness (QED) is 0.899. The molecule has 0 saturated carbocycles. The summed E-state index contributed by atoms with van der Waals surface area (Å²) in [5.74, 6) is 1.34. The molecule has 2 heterocycles. The molecule has 124 valence electrons. The highest BCUT2D eigenvalue weighted by Crippen LogP contribution is 2.37. The number of rotatable bonds is 2. The molecule has 0 amide bonds. The number of hydrogen-bond donors (Lipinski definition) is 1. The number of benzene rings is 2. The zero-order chi connectivity index (χ0) is 16.4. The summed E-state index contributed by atoms with van der Waals surface area (Å²) in [7, 11) is 0. The lowest BCUT2D eigenvalue weighted by molar-refractivity contribution is 0.0990. The first kappa shape index (κ1) is 15.3. The van der Waals surface area contributed by atoms with Crippen LogP contribution in [0.15, 0.2) is 54.6 Å². The van der Waals surface area contributed by atoms with E-state index < -0.39 is 0 Å². The number of phenols is 1. The zero-order valence-electron chi connectivity index (χ0n) is 13.8. The second kappa shape index (κ2) is 6.33. The molecule has 2 aromatic carbocycles. The van der Waals surface area contributed by atoms with E-state index in [4.69, 9.17) is 4.74 Å². The summed E-state index contributed by atoms with van der Waals surface area (Å²) in [6.07, 6.45) is 7.63. The smallest absolute Gasteiger partial charge is 0.129 e. The Morgan fingerprint density at radius 3 is 2.88 bits per heavy atom. The maximum atomic E-state index is 9.64. The summed E-state index contributed by atoms with van der Waals surface area (Å²) < 4.78 is 6.40. The van der Waals surface area contributed by atoms with Gasteiger partial charge in [0, 0.05) is 25.1 Å². The molecular weight excluding hydrogens is 298 g/mol. The van der Waals surface area contributed by atoms with Crippen LogP contribution < -0.4 is 4.74 Å². The van der Waals surface area contributed by atoms with Gasteiger partial charge in [0.15, 0.2) is 0 Å². The summed E-state index contributed by atoms with van der Waals surface area (Å²) in [6, 6.07) is 15.8. The molecule has 24 heavy (non-hydrogen) atoms. The lowest BCUT2D eigenvalue weighted by Crippen LogP contribution is -2.36. The van der Waals surface area contributed by atoms with Gasteiger partial charge in [-0.3, -0.25) is 4.90 Å². The Hall–Kier alpha value is -2.26. The standard InChI is InChI=1S/C21H23NO2/c23-19-7-3-5-17(15-19)16-22-13-4-10-21(12-14-22)11-9-18-6-1-2-8-20(18)24-21/h1-3,5-9,11,15,23H,4,10,12-14,16H2/t21-/m0/s1. The van der Waals surface area contributed by atoms with Gasteiger partial charge in [0.25, 0.3) is 0 Å². The first-order valence-electron chi connectivity index (χ1n) is 8.70. The molecule has 3 nitrogen and oxygen atoms in total. The van der Waals surface area contributed by atoms with Gasteiger partial charge in [-0.2, -0.15) is 0 Å². The van der Waals surface area contributed by atoms with Crippen LogP contribution in [-0.2, 0) is 6.54 Å². The molecule has 3 heteroatoms. The number of para-hydroxylation sites is 1. The Labute approximate surface area is 143 Å². The van der Waals surface area contributed by atoms with E-state index >= 15 is 0 Å². The molecular formula is C21H23NO2. The van der Waals surface area contributed by atoms with E-state index in [1.54, 1.807) is 6.07 Å². The van der Waals surface area contributed by atoms with Gasteiger partial charge in [-0.15, -0.1) is 0 Å². The molecule has 0 bridgehead atoms. The summed E-state index contributed by atoms with van der Waals surface area (Å²) in [4.78, 5) is 2.46. The van der Waals surface area contributed by atoms with Crippen molar-refractivity contribution in [2.45, 2.75) is 31.4 Å². The van der Waals surface area contributed by atoms with E-state index in [-0.39, 0.29) is 5.60 Å². The molecule has 1 N–H and O–H groups in total. The highest BCUT2D eigenvalue weighted by atomic mass is 16.5. The fraction of sp³-hybridized carbons (Fsp3) is 0.333. The molecule has 0 aliphatic carbocycles. The number of likely N-dealkylation sites (tertiary alicyclic amines) is 1. The number of hydrogen-bond acceptors (Lipinski definition) is 3. The van der Waals surface area contributed by atoms with E-state index in [1.165, 1.54) is 5.56 Å². The minimum absolute atomic E-state index is 0.165. The third-order valence-electron chi connectivity index (χ3n) is 5.04. The molecule has 2 aromatic rings. The Balaban J connectivity index is 1.45. The minimum Gasteiger partial charge on any atom is -0.508 e. The van der Waals surface area contributed by atoms with Crippen molar-refractivity contribution in [1.82, 2.24) is 4.90 Å². The van der Waals surface area contributed by atoms with Crippen molar-refractivity contribution in [3.63, 3.8) is 0 Å². The SMILES string of the molecule is Oc1cccc(CN2CCC[C@]3(C=Cc4ccccc4O3)CC2)c1. The van der Waals surface area contributed by atoms with Gasteiger partial charge in [0.2, 0.25) is 0 Å². The predicted molar refractivity (Wildman–Crippen MR) is 96.1 cm³/mol. The van der Waals surface area contributed by atoms with Gasteiger partial charge in [-0.05, 0) is 49.2 Å². The summed E-state index contributed by atoms with van der Waals surface area (Å²) in [5, 5.41) is 9.64. The van der Waals surface area contributed by atoms with E-state index in [9.17, 15) is 5.11 Å². The van der Waals surface area contributed by atoms with E-state index in [2.05, 4.69) is 41.3 Å². The summed E-state index contributed by atoms with van der Waals surface area (Å²) in [5.41, 5.74) is 2.17. The summed E-state index contributed by atoms with van der Waals surface area (Å²) >= 11 is 0. The van der Waals surface area contributed by atoms with Gasteiger partial charge < -0.3 is 9.84 Å². The molecule has 0 radical (unpaired) electrons. The number of phenolic OH excluding ortho intramolecular Hbond substituents is 1. The van der Waals surface area contributed by atoms with Gasteiger partial charge in [-0.25, -0.2) is 0 Å². The van der Waals surface area contributed by atoms with Gasteiger partial charge in [-0.1, -0.05) is 36.4 Å². The van der Waals surface area contributed by atoms with Gasteiger partial charge >= 0.3 is 0 Å². The summed E-state index contributed by atoms with van der Waals surface area (Å²) in [6.45, 7) is 2.95. The predicted octanol–water partition coefficient (Wildman–Crippen LogP) is 4.22. The lowest BCUT2D eigenvalue weighted by atomic mass is 9.91. The highest BCUT2D eigenvalue weighted by molar-refractivity contribution is 5.60. The van der Waals surface area contributed by atoms with Crippen LogP contribution in [0, 0.1) is 0 Å². The molecule has 1 spiro atoms. The molecule has 2 aliphatic heterocycles. The normalized spacial score (nSPS) is 23.5. The van der Waals surface area contributed by atoms with Crippen molar-refractivity contribution in [1.29, 1.82) is 0 Å². The Morgan fingerprint density at radius 2 is 1.96 bits per heavy atom. The fourth-order valence-corrected chi connectivity index (χ4v) is 3.73. The van der Waals surface area contributed by atoms with Crippen molar-refractivity contribution in [2.75, 3.05) is 13.1 Å². The lowest BCUT2D eigenvalue weighted by Gasteiger charge is -2.34. The third kappa shape index (κ3) is 3.17. The van der Waals surface area contributed by atoms with Crippen molar-refractivity contribution in [3.8, 4) is 11.5 Å². The van der Waals surface area contributed by atoms with Crippen LogP contribution in [0.25, 0.3) is 6.08 Å².